The molecule has 1 heterocycles. The lowest BCUT2D eigenvalue weighted by molar-refractivity contribution is -0.149. The Morgan fingerprint density at radius 2 is 2.06 bits per heavy atom. The van der Waals surface area contributed by atoms with Gasteiger partial charge in [-0.3, -0.25) is 9.59 Å². The van der Waals surface area contributed by atoms with Gasteiger partial charge in [-0.25, -0.2) is 0 Å². The van der Waals surface area contributed by atoms with E-state index in [0.29, 0.717) is 26.2 Å². The van der Waals surface area contributed by atoms with Crippen LogP contribution >= 0.6 is 0 Å². The molecule has 0 aromatic carbocycles. The molecule has 5 nitrogen and oxygen atoms in total. The van der Waals surface area contributed by atoms with Crippen LogP contribution in [0.2, 0.25) is 0 Å². The smallest absolute Gasteiger partial charge is 0.245 e. The van der Waals surface area contributed by atoms with Crippen molar-refractivity contribution in [1.82, 2.24) is 10.2 Å². The summed E-state index contributed by atoms with van der Waals surface area (Å²) in [4.78, 5) is 25.5. The first kappa shape index (κ1) is 14.0. The average molecular weight is 242 g/mol. The van der Waals surface area contributed by atoms with Gasteiger partial charge < -0.3 is 15.0 Å². The number of nitrogens with one attached hydrogen (secondary N) is 1. The fraction of sp³-hybridized carbons (Fsp3) is 0.833. The Balaban J connectivity index is 2.63. The second kappa shape index (κ2) is 6.59. The maximum Gasteiger partial charge on any atom is 0.245 e. The van der Waals surface area contributed by atoms with Crippen LogP contribution < -0.4 is 5.32 Å². The molecule has 5 heteroatoms. The number of carbonyl (C=O) groups excluding carboxylic acids is 2. The number of amides is 2. The molecule has 1 rings (SSSR count). The molecule has 0 aliphatic carbocycles. The van der Waals surface area contributed by atoms with Gasteiger partial charge >= 0.3 is 0 Å². The maximum absolute atomic E-state index is 12.1. The third-order valence-electron chi connectivity index (χ3n) is 3.00. The van der Waals surface area contributed by atoms with Gasteiger partial charge in [0, 0.05) is 13.2 Å². The van der Waals surface area contributed by atoms with Crippen molar-refractivity contribution in [3.05, 3.63) is 0 Å². The van der Waals surface area contributed by atoms with Gasteiger partial charge in [0.2, 0.25) is 11.8 Å². The minimum atomic E-state index is -0.393. The summed E-state index contributed by atoms with van der Waals surface area (Å²) in [5.74, 6) is -0.0572. The normalized spacial score (nSPS) is 25.0. The first-order chi connectivity index (χ1) is 8.11. The predicted octanol–water partition coefficient (Wildman–Crippen LogP) is 0.538. The first-order valence-electron chi connectivity index (χ1n) is 6.30. The second-order valence-corrected chi connectivity index (χ2v) is 4.25. The van der Waals surface area contributed by atoms with Gasteiger partial charge in [-0.2, -0.15) is 0 Å². The van der Waals surface area contributed by atoms with Crippen molar-refractivity contribution in [1.29, 1.82) is 0 Å². The van der Waals surface area contributed by atoms with Crippen LogP contribution in [0, 0.1) is 0 Å². The van der Waals surface area contributed by atoms with Crippen LogP contribution in [-0.2, 0) is 14.3 Å². The molecule has 1 fully saturated rings. The summed E-state index contributed by atoms with van der Waals surface area (Å²) in [6, 6.07) is -0.749. The molecule has 0 radical (unpaired) electrons. The van der Waals surface area contributed by atoms with E-state index >= 15 is 0 Å². The predicted molar refractivity (Wildman–Crippen MR) is 64.5 cm³/mol. The van der Waals surface area contributed by atoms with Crippen molar-refractivity contribution in [3.8, 4) is 0 Å². The fourth-order valence-electron chi connectivity index (χ4n) is 1.98. The number of ether oxygens (including phenoxy) is 1. The highest BCUT2D eigenvalue weighted by atomic mass is 16.5. The molecule has 1 N–H and O–H groups in total. The Labute approximate surface area is 102 Å². The maximum atomic E-state index is 12.1. The number of piperazine rings is 1. The molecular formula is C12H22N2O3. The Morgan fingerprint density at radius 1 is 1.35 bits per heavy atom. The second-order valence-electron chi connectivity index (χ2n) is 4.25. The van der Waals surface area contributed by atoms with Crippen molar-refractivity contribution < 1.29 is 14.3 Å². The molecular weight excluding hydrogens is 220 g/mol. The fourth-order valence-corrected chi connectivity index (χ4v) is 1.98. The lowest BCUT2D eigenvalue weighted by Gasteiger charge is -2.37. The summed E-state index contributed by atoms with van der Waals surface area (Å²) in [7, 11) is 0. The lowest BCUT2D eigenvalue weighted by Crippen LogP contribution is -2.62. The number of hydrogen-bond donors (Lipinski definition) is 1. The van der Waals surface area contributed by atoms with E-state index in [1.165, 1.54) is 0 Å². The molecule has 17 heavy (non-hydrogen) atoms. The Kier molecular flexibility index (Phi) is 5.41. The molecule has 0 bridgehead atoms. The number of rotatable bonds is 6. The van der Waals surface area contributed by atoms with Crippen LogP contribution in [-0.4, -0.2) is 48.6 Å². The highest BCUT2D eigenvalue weighted by molar-refractivity contribution is 5.96. The topological polar surface area (TPSA) is 58.6 Å². The summed E-state index contributed by atoms with van der Waals surface area (Å²) in [6.45, 7) is 7.26. The summed E-state index contributed by atoms with van der Waals surface area (Å²) < 4.78 is 5.24. The van der Waals surface area contributed by atoms with E-state index in [1.54, 1.807) is 11.8 Å². The SMILES string of the molecule is CCCC1NC(=O)C(C)N(CCOCC)C1=O. The Bertz CT molecular complexity index is 281. The van der Waals surface area contributed by atoms with E-state index in [9.17, 15) is 9.59 Å². The summed E-state index contributed by atoms with van der Waals surface area (Å²) in [5.41, 5.74) is 0. The van der Waals surface area contributed by atoms with E-state index in [-0.39, 0.29) is 17.9 Å². The minimum absolute atomic E-state index is 0.0126. The molecule has 0 aromatic rings. The van der Waals surface area contributed by atoms with E-state index in [2.05, 4.69) is 5.32 Å². The zero-order chi connectivity index (χ0) is 12.8. The summed E-state index contributed by atoms with van der Waals surface area (Å²) in [5, 5.41) is 2.77. The number of hydrogen-bond acceptors (Lipinski definition) is 3. The Morgan fingerprint density at radius 3 is 2.65 bits per heavy atom. The Hall–Kier alpha value is -1.10. The van der Waals surface area contributed by atoms with Gasteiger partial charge in [0.05, 0.1) is 6.61 Å². The van der Waals surface area contributed by atoms with Crippen molar-refractivity contribution in [2.24, 2.45) is 0 Å². The molecule has 0 spiro atoms. The van der Waals surface area contributed by atoms with Crippen LogP contribution in [0.1, 0.15) is 33.6 Å². The number of carbonyl (C=O) groups is 2. The molecule has 0 saturated carbocycles. The van der Waals surface area contributed by atoms with Crippen LogP contribution in [0.3, 0.4) is 0 Å². The van der Waals surface area contributed by atoms with Gasteiger partial charge in [0.1, 0.15) is 12.1 Å². The van der Waals surface area contributed by atoms with Crippen LogP contribution in [0.5, 0.6) is 0 Å². The van der Waals surface area contributed by atoms with E-state index in [1.807, 2.05) is 13.8 Å². The van der Waals surface area contributed by atoms with Gasteiger partial charge in [0.15, 0.2) is 0 Å². The van der Waals surface area contributed by atoms with Gasteiger partial charge in [-0.05, 0) is 20.3 Å². The molecule has 0 aromatic heterocycles. The van der Waals surface area contributed by atoms with Crippen molar-refractivity contribution in [2.75, 3.05) is 19.8 Å². The third-order valence-corrected chi connectivity index (χ3v) is 3.00. The van der Waals surface area contributed by atoms with Crippen molar-refractivity contribution in [2.45, 2.75) is 45.7 Å². The van der Waals surface area contributed by atoms with Crippen molar-refractivity contribution in [3.63, 3.8) is 0 Å². The molecule has 98 valence electrons. The summed E-state index contributed by atoms with van der Waals surface area (Å²) >= 11 is 0. The molecule has 1 aliphatic rings. The van der Waals surface area contributed by atoms with Gasteiger partial charge in [0.25, 0.3) is 0 Å². The van der Waals surface area contributed by atoms with Crippen molar-refractivity contribution >= 4 is 11.8 Å². The highest BCUT2D eigenvalue weighted by Crippen LogP contribution is 2.12. The van der Waals surface area contributed by atoms with E-state index in [4.69, 9.17) is 4.74 Å². The summed E-state index contributed by atoms with van der Waals surface area (Å²) in [6.07, 6.45) is 1.58. The standard InChI is InChI=1S/C12H22N2O3/c1-4-6-10-12(16)14(7-8-17-5-2)9(3)11(15)13-10/h9-10H,4-8H2,1-3H3,(H,13,15). The lowest BCUT2D eigenvalue weighted by atomic mass is 10.0. The quantitative estimate of drug-likeness (QED) is 0.692. The van der Waals surface area contributed by atoms with Gasteiger partial charge in [-0.15, -0.1) is 0 Å². The zero-order valence-electron chi connectivity index (χ0n) is 10.9. The van der Waals surface area contributed by atoms with Crippen LogP contribution in [0.4, 0.5) is 0 Å². The first-order valence-corrected chi connectivity index (χ1v) is 6.30. The monoisotopic (exact) mass is 242 g/mol. The molecule has 2 unspecified atom stereocenters. The molecule has 1 aliphatic heterocycles. The molecule has 2 atom stereocenters. The van der Waals surface area contributed by atoms with E-state index in [0.717, 1.165) is 6.42 Å². The number of nitrogens with zero attached hydrogens (tertiary/aromatic N) is 1. The van der Waals surface area contributed by atoms with Gasteiger partial charge in [-0.1, -0.05) is 13.3 Å². The average Bonchev–Trinajstić information content (AvgIpc) is 2.31. The van der Waals surface area contributed by atoms with Crippen LogP contribution in [0.15, 0.2) is 0 Å². The molecule has 1 saturated heterocycles. The largest absolute Gasteiger partial charge is 0.380 e. The third kappa shape index (κ3) is 3.43. The minimum Gasteiger partial charge on any atom is -0.380 e. The highest BCUT2D eigenvalue weighted by Gasteiger charge is 2.36. The van der Waals surface area contributed by atoms with E-state index < -0.39 is 6.04 Å². The zero-order valence-corrected chi connectivity index (χ0v) is 10.9. The molecule has 2 amide bonds. The van der Waals surface area contributed by atoms with Crippen LogP contribution in [0.25, 0.3) is 0 Å².